The van der Waals surface area contributed by atoms with Crippen molar-refractivity contribution < 1.29 is 19.5 Å². The van der Waals surface area contributed by atoms with Gasteiger partial charge in [-0.25, -0.2) is 0 Å². The number of thioether (sulfide) groups is 1. The number of amides is 2. The number of carboxylic acids is 1. The highest BCUT2D eigenvalue weighted by molar-refractivity contribution is 8.00. The van der Waals surface area contributed by atoms with E-state index in [1.807, 2.05) is 48.5 Å². The van der Waals surface area contributed by atoms with Gasteiger partial charge in [0.05, 0.1) is 22.5 Å². The Morgan fingerprint density at radius 3 is 2.22 bits per heavy atom. The van der Waals surface area contributed by atoms with Crippen molar-refractivity contribution in [3.8, 4) is 5.69 Å². The van der Waals surface area contributed by atoms with Crippen molar-refractivity contribution in [2.24, 2.45) is 29.6 Å². The number of aromatic nitrogens is 1. The number of aliphatic carboxylic acids is 1. The number of likely N-dealkylation sites (tertiary alicyclic amines) is 1. The Labute approximate surface area is 214 Å². The molecule has 3 heterocycles. The maximum absolute atomic E-state index is 13.3. The Kier molecular flexibility index (Phi) is 4.85. The Morgan fingerprint density at radius 2 is 1.56 bits per heavy atom. The van der Waals surface area contributed by atoms with Crippen molar-refractivity contribution in [2.45, 2.75) is 22.6 Å². The summed E-state index contributed by atoms with van der Waals surface area (Å²) in [4.78, 5) is 53.2. The van der Waals surface area contributed by atoms with Crippen molar-refractivity contribution >= 4 is 40.9 Å². The van der Waals surface area contributed by atoms with Gasteiger partial charge in [0.25, 0.3) is 0 Å². The molecule has 4 aliphatic rings. The second-order valence-electron chi connectivity index (χ2n) is 10.0. The van der Waals surface area contributed by atoms with Gasteiger partial charge in [-0.3, -0.25) is 28.6 Å². The zero-order valence-corrected chi connectivity index (χ0v) is 20.7. The fourth-order valence-corrected chi connectivity index (χ4v) is 10.4. The standard InChI is InChI=1S/C27H22N2O5S2/c30-17(31)12-28-24(32)20-15-11-16(21(20)25(28)33)22-19(15)18(13-7-3-1-4-8-13)23-26(35-22)29(27(34)36-23)14-9-5-2-6-10-14/h1-10,15-16,18-22H,11-12H2,(H,30,31)/t15-,16+,18-,19+,20+,21+,22-/m0/s1. The number of carbonyl (C=O) groups is 3. The molecular formula is C27H22N2O5S2. The average molecular weight is 519 g/mol. The van der Waals surface area contributed by atoms with Crippen LogP contribution in [0.2, 0.25) is 0 Å². The minimum absolute atomic E-state index is 0.0199. The number of thiazole rings is 1. The van der Waals surface area contributed by atoms with Crippen LogP contribution in [0, 0.1) is 29.6 Å². The molecule has 2 saturated carbocycles. The Morgan fingerprint density at radius 1 is 0.917 bits per heavy atom. The van der Waals surface area contributed by atoms with Gasteiger partial charge in [0, 0.05) is 16.0 Å². The maximum Gasteiger partial charge on any atom is 0.323 e. The van der Waals surface area contributed by atoms with Crippen LogP contribution in [-0.2, 0) is 14.4 Å². The van der Waals surface area contributed by atoms with E-state index in [0.29, 0.717) is 0 Å². The van der Waals surface area contributed by atoms with E-state index in [1.54, 1.807) is 16.3 Å². The largest absolute Gasteiger partial charge is 0.480 e. The molecule has 9 heteroatoms. The van der Waals surface area contributed by atoms with Crippen molar-refractivity contribution in [3.05, 3.63) is 80.8 Å². The number of carbonyl (C=O) groups excluding carboxylic acids is 2. The number of para-hydroxylation sites is 1. The Bertz CT molecular complexity index is 1470. The highest BCUT2D eigenvalue weighted by Gasteiger charge is 2.69. The van der Waals surface area contributed by atoms with Gasteiger partial charge in [-0.05, 0) is 41.9 Å². The van der Waals surface area contributed by atoms with Crippen molar-refractivity contribution in [1.29, 1.82) is 0 Å². The van der Waals surface area contributed by atoms with E-state index in [0.717, 1.165) is 32.5 Å². The van der Waals surface area contributed by atoms with Crippen molar-refractivity contribution in [1.82, 2.24) is 9.47 Å². The topological polar surface area (TPSA) is 96.7 Å². The van der Waals surface area contributed by atoms with Crippen LogP contribution in [0.4, 0.5) is 0 Å². The van der Waals surface area contributed by atoms with Crippen LogP contribution < -0.4 is 4.87 Å². The zero-order chi connectivity index (χ0) is 24.7. The van der Waals surface area contributed by atoms with Gasteiger partial charge < -0.3 is 5.11 Å². The quantitative estimate of drug-likeness (QED) is 0.532. The van der Waals surface area contributed by atoms with E-state index >= 15 is 0 Å². The molecule has 3 fully saturated rings. The summed E-state index contributed by atoms with van der Waals surface area (Å²) in [5, 5.41) is 10.3. The number of carboxylic acid groups (broad SMARTS) is 1. The molecule has 2 bridgehead atoms. The third kappa shape index (κ3) is 2.93. The first-order valence-electron chi connectivity index (χ1n) is 12.1. The molecule has 2 amide bonds. The van der Waals surface area contributed by atoms with Gasteiger partial charge in [0.15, 0.2) is 0 Å². The molecule has 0 spiro atoms. The van der Waals surface area contributed by atoms with Crippen molar-refractivity contribution in [3.63, 3.8) is 0 Å². The Balaban J connectivity index is 1.38. The molecule has 36 heavy (non-hydrogen) atoms. The third-order valence-electron chi connectivity index (χ3n) is 8.43. The van der Waals surface area contributed by atoms with Crippen LogP contribution in [0.25, 0.3) is 5.69 Å². The number of imide groups is 1. The zero-order valence-electron chi connectivity index (χ0n) is 19.0. The lowest BCUT2D eigenvalue weighted by atomic mass is 9.68. The smallest absolute Gasteiger partial charge is 0.323 e. The average Bonchev–Trinajstić information content (AvgIpc) is 3.59. The van der Waals surface area contributed by atoms with Gasteiger partial charge in [-0.2, -0.15) is 0 Å². The molecule has 2 aromatic carbocycles. The lowest BCUT2D eigenvalue weighted by Gasteiger charge is -2.43. The minimum Gasteiger partial charge on any atom is -0.480 e. The summed E-state index contributed by atoms with van der Waals surface area (Å²) >= 11 is 2.95. The molecule has 0 radical (unpaired) electrons. The first-order chi connectivity index (χ1) is 17.5. The number of nitrogens with zero attached hydrogens (tertiary/aromatic N) is 2. The van der Waals surface area contributed by atoms with E-state index in [4.69, 9.17) is 0 Å². The molecular weight excluding hydrogens is 496 g/mol. The molecule has 1 saturated heterocycles. The lowest BCUT2D eigenvalue weighted by molar-refractivity contribution is -0.149. The van der Waals surface area contributed by atoms with Gasteiger partial charge in [-0.1, -0.05) is 59.9 Å². The molecule has 1 N–H and O–H groups in total. The molecule has 2 aliphatic carbocycles. The Hall–Kier alpha value is -3.17. The van der Waals surface area contributed by atoms with Crippen LogP contribution in [0.15, 0.2) is 70.5 Å². The highest BCUT2D eigenvalue weighted by Crippen LogP contribution is 2.68. The number of hydrogen-bond acceptors (Lipinski definition) is 6. The second kappa shape index (κ2) is 7.91. The molecule has 7 nitrogen and oxygen atoms in total. The summed E-state index contributed by atoms with van der Waals surface area (Å²) in [6, 6.07) is 19.7. The third-order valence-corrected chi connectivity index (χ3v) is 11.1. The van der Waals surface area contributed by atoms with Gasteiger partial charge in [0.2, 0.25) is 11.8 Å². The summed E-state index contributed by atoms with van der Waals surface area (Å²) < 4.78 is 1.79. The summed E-state index contributed by atoms with van der Waals surface area (Å²) in [6.07, 6.45) is 0.782. The monoisotopic (exact) mass is 518 g/mol. The first kappa shape index (κ1) is 22.1. The molecule has 7 atom stereocenters. The summed E-state index contributed by atoms with van der Waals surface area (Å²) in [5.74, 6) is -2.79. The molecule has 7 rings (SSSR count). The van der Waals surface area contributed by atoms with Crippen LogP contribution in [0.5, 0.6) is 0 Å². The second-order valence-corrected chi connectivity index (χ2v) is 12.2. The summed E-state index contributed by atoms with van der Waals surface area (Å²) in [6.45, 7) is -0.574. The van der Waals surface area contributed by atoms with Gasteiger partial charge in [0.1, 0.15) is 6.54 Å². The van der Waals surface area contributed by atoms with Crippen LogP contribution in [-0.4, -0.2) is 44.2 Å². The molecule has 1 aromatic heterocycles. The number of fused-ring (bicyclic) bond motifs is 9. The first-order valence-corrected chi connectivity index (χ1v) is 13.7. The number of rotatable bonds is 4. The maximum atomic E-state index is 13.3. The molecule has 182 valence electrons. The number of benzene rings is 2. The highest BCUT2D eigenvalue weighted by atomic mass is 32.2. The predicted molar refractivity (Wildman–Crippen MR) is 134 cm³/mol. The van der Waals surface area contributed by atoms with Crippen LogP contribution in [0.1, 0.15) is 22.8 Å². The fraction of sp³-hybridized carbons (Fsp3) is 0.333. The molecule has 3 aromatic rings. The van der Waals surface area contributed by atoms with E-state index < -0.39 is 24.3 Å². The van der Waals surface area contributed by atoms with Gasteiger partial charge >= 0.3 is 10.8 Å². The SMILES string of the molecule is O=C(O)CN1C(=O)[C@@H]2[C@H]3C[C@@H]([C@@H]4Sc5c(sc(=O)n5-c5ccccc5)[C@@H](c5ccccc5)[C@@H]34)[C@H]2C1=O. The number of hydrogen-bond donors (Lipinski definition) is 1. The summed E-state index contributed by atoms with van der Waals surface area (Å²) in [7, 11) is 0. The predicted octanol–water partition coefficient (Wildman–Crippen LogP) is 3.46. The van der Waals surface area contributed by atoms with Gasteiger partial charge in [-0.15, -0.1) is 11.8 Å². The van der Waals surface area contributed by atoms with Crippen LogP contribution in [0.3, 0.4) is 0 Å². The summed E-state index contributed by atoms with van der Waals surface area (Å²) in [5.41, 5.74) is 1.93. The van der Waals surface area contributed by atoms with E-state index in [-0.39, 0.29) is 45.6 Å². The van der Waals surface area contributed by atoms with E-state index in [2.05, 4.69) is 12.1 Å². The minimum atomic E-state index is -1.17. The fourth-order valence-electron chi connectivity index (χ4n) is 7.26. The van der Waals surface area contributed by atoms with Crippen LogP contribution >= 0.6 is 23.1 Å². The molecule has 0 unspecified atom stereocenters. The van der Waals surface area contributed by atoms with E-state index in [9.17, 15) is 24.3 Å². The normalized spacial score (nSPS) is 31.9. The van der Waals surface area contributed by atoms with E-state index in [1.165, 1.54) is 11.3 Å². The van der Waals surface area contributed by atoms with Crippen molar-refractivity contribution in [2.75, 3.05) is 6.54 Å². The lowest BCUT2D eigenvalue weighted by Crippen LogP contribution is -2.43. The molecule has 2 aliphatic heterocycles.